The average molecular weight is 382 g/mol. The largest absolute Gasteiger partial charge is 0.480 e. The third-order valence-corrected chi connectivity index (χ3v) is 5.11. The molecule has 2 fully saturated rings. The molecular weight excluding hydrogens is 352 g/mol. The van der Waals surface area contributed by atoms with Gasteiger partial charge in [0.1, 0.15) is 18.6 Å². The Morgan fingerprint density at radius 3 is 2.41 bits per heavy atom. The maximum Gasteiger partial charge on any atom is 0.322 e. The Balaban J connectivity index is 1.97. The molecule has 2 rings (SSSR count). The van der Waals surface area contributed by atoms with Crippen LogP contribution in [0.3, 0.4) is 0 Å². The summed E-state index contributed by atoms with van der Waals surface area (Å²) >= 11 is 0. The number of amides is 3. The minimum absolute atomic E-state index is 0.268. The first-order valence-electron chi connectivity index (χ1n) is 9.68. The number of carbonyl (C=O) groups excluding carboxylic acids is 3. The minimum atomic E-state index is -1.13. The fourth-order valence-electron chi connectivity index (χ4n) is 3.78. The van der Waals surface area contributed by atoms with Crippen molar-refractivity contribution in [2.45, 2.75) is 57.5 Å². The third-order valence-electron chi connectivity index (χ3n) is 5.11. The highest BCUT2D eigenvalue weighted by Crippen LogP contribution is 2.20. The van der Waals surface area contributed by atoms with Gasteiger partial charge in [-0.3, -0.25) is 19.2 Å². The van der Waals surface area contributed by atoms with E-state index in [1.54, 1.807) is 0 Å². The van der Waals surface area contributed by atoms with Gasteiger partial charge in [0.05, 0.1) is 0 Å². The van der Waals surface area contributed by atoms with Gasteiger partial charge >= 0.3 is 5.97 Å². The van der Waals surface area contributed by atoms with Crippen molar-refractivity contribution < 1.29 is 24.3 Å². The van der Waals surface area contributed by atoms with E-state index in [4.69, 9.17) is 5.11 Å². The molecule has 0 aromatic heterocycles. The molecule has 0 radical (unpaired) electrons. The second-order valence-electron chi connectivity index (χ2n) is 7.25. The van der Waals surface area contributed by atoms with E-state index in [9.17, 15) is 19.2 Å². The topological polar surface area (TPSA) is 119 Å². The Bertz CT molecular complexity index is 562. The standard InChI is InChI=1S/C18H30N4O5/c1-13(23)20-14(7-11-21-8-3-2-4-9-21)18(27)22-10-5-6-15(22)17(26)19-12-16(24)25/h14-15H,2-12H2,1H3,(H,19,26)(H,20,23)(H,24,25)/t14-,15-/m0/s1. The second-order valence-corrected chi connectivity index (χ2v) is 7.25. The summed E-state index contributed by atoms with van der Waals surface area (Å²) in [5, 5.41) is 13.8. The van der Waals surface area contributed by atoms with E-state index in [-0.39, 0.29) is 11.8 Å². The van der Waals surface area contributed by atoms with Gasteiger partial charge in [-0.2, -0.15) is 0 Å². The Hall–Kier alpha value is -2.16. The first kappa shape index (κ1) is 21.1. The number of carboxylic acids is 1. The van der Waals surface area contributed by atoms with Crippen molar-refractivity contribution in [1.82, 2.24) is 20.4 Å². The van der Waals surface area contributed by atoms with Gasteiger partial charge in [-0.05, 0) is 45.2 Å². The van der Waals surface area contributed by atoms with Crippen LogP contribution in [0.15, 0.2) is 0 Å². The molecule has 0 unspecified atom stereocenters. The van der Waals surface area contributed by atoms with Crippen LogP contribution in [0.1, 0.15) is 45.4 Å². The molecule has 2 heterocycles. The van der Waals surface area contributed by atoms with Gasteiger partial charge in [0, 0.05) is 20.0 Å². The highest BCUT2D eigenvalue weighted by atomic mass is 16.4. The normalized spacial score (nSPS) is 21.5. The molecule has 2 aliphatic rings. The number of nitrogens with zero attached hydrogens (tertiary/aromatic N) is 2. The van der Waals surface area contributed by atoms with Crippen molar-refractivity contribution in [3.8, 4) is 0 Å². The van der Waals surface area contributed by atoms with Crippen molar-refractivity contribution in [2.75, 3.05) is 32.7 Å². The van der Waals surface area contributed by atoms with Crippen LogP contribution in [0.25, 0.3) is 0 Å². The molecule has 152 valence electrons. The highest BCUT2D eigenvalue weighted by Gasteiger charge is 2.37. The fourth-order valence-corrected chi connectivity index (χ4v) is 3.78. The monoisotopic (exact) mass is 382 g/mol. The third kappa shape index (κ3) is 6.50. The molecule has 0 aromatic carbocycles. The molecule has 2 aliphatic heterocycles. The first-order valence-corrected chi connectivity index (χ1v) is 9.68. The molecule has 3 N–H and O–H groups in total. The van der Waals surface area contributed by atoms with Crippen molar-refractivity contribution >= 4 is 23.7 Å². The lowest BCUT2D eigenvalue weighted by Gasteiger charge is -2.31. The van der Waals surface area contributed by atoms with Crippen LogP contribution in [0, 0.1) is 0 Å². The smallest absolute Gasteiger partial charge is 0.322 e. The SMILES string of the molecule is CC(=O)N[C@@H](CCN1CCCCC1)C(=O)N1CCC[C@H]1C(=O)NCC(=O)O. The molecule has 0 aliphatic carbocycles. The maximum atomic E-state index is 13.0. The summed E-state index contributed by atoms with van der Waals surface area (Å²) < 4.78 is 0. The van der Waals surface area contributed by atoms with Crippen molar-refractivity contribution in [3.63, 3.8) is 0 Å². The Morgan fingerprint density at radius 1 is 1.07 bits per heavy atom. The van der Waals surface area contributed by atoms with Gasteiger partial charge in [-0.15, -0.1) is 0 Å². The zero-order chi connectivity index (χ0) is 19.8. The summed E-state index contributed by atoms with van der Waals surface area (Å²) in [5.74, 6) is -2.13. The van der Waals surface area contributed by atoms with Gasteiger partial charge in [0.25, 0.3) is 0 Å². The lowest BCUT2D eigenvalue weighted by molar-refractivity contribution is -0.142. The first-order chi connectivity index (χ1) is 12.9. The molecular formula is C18H30N4O5. The Morgan fingerprint density at radius 2 is 1.78 bits per heavy atom. The van der Waals surface area contributed by atoms with Gasteiger partial charge < -0.3 is 25.5 Å². The number of carboxylic acid groups (broad SMARTS) is 1. The molecule has 9 nitrogen and oxygen atoms in total. The molecule has 2 saturated heterocycles. The highest BCUT2D eigenvalue weighted by molar-refractivity contribution is 5.93. The van der Waals surface area contributed by atoms with Crippen LogP contribution in [0.2, 0.25) is 0 Å². The van der Waals surface area contributed by atoms with Gasteiger partial charge in [-0.25, -0.2) is 0 Å². The summed E-state index contributed by atoms with van der Waals surface area (Å²) in [6.45, 7) is 4.07. The number of hydrogen-bond acceptors (Lipinski definition) is 5. The van der Waals surface area contributed by atoms with E-state index in [1.807, 2.05) is 0 Å². The van der Waals surface area contributed by atoms with E-state index in [0.717, 1.165) is 32.5 Å². The van der Waals surface area contributed by atoms with Crippen molar-refractivity contribution in [1.29, 1.82) is 0 Å². The van der Waals surface area contributed by atoms with E-state index < -0.39 is 30.5 Å². The predicted octanol–water partition coefficient (Wildman–Crippen LogP) is -0.441. The number of carbonyl (C=O) groups is 4. The summed E-state index contributed by atoms with van der Waals surface area (Å²) in [6, 6.07) is -1.35. The van der Waals surface area contributed by atoms with Crippen LogP contribution in [-0.4, -0.2) is 83.4 Å². The lowest BCUT2D eigenvalue weighted by atomic mass is 10.1. The molecule has 27 heavy (non-hydrogen) atoms. The quantitative estimate of drug-likeness (QED) is 0.524. The van der Waals surface area contributed by atoms with E-state index in [2.05, 4.69) is 15.5 Å². The molecule has 0 aromatic rings. The number of aliphatic carboxylic acids is 1. The van der Waals surface area contributed by atoms with E-state index in [1.165, 1.54) is 18.2 Å². The van der Waals surface area contributed by atoms with E-state index in [0.29, 0.717) is 25.8 Å². The summed E-state index contributed by atoms with van der Waals surface area (Å²) in [7, 11) is 0. The summed E-state index contributed by atoms with van der Waals surface area (Å²) in [5.41, 5.74) is 0. The fraction of sp³-hybridized carbons (Fsp3) is 0.778. The summed E-state index contributed by atoms with van der Waals surface area (Å²) in [6.07, 6.45) is 5.20. The maximum absolute atomic E-state index is 13.0. The van der Waals surface area contributed by atoms with Gasteiger partial charge in [0.2, 0.25) is 17.7 Å². The molecule has 0 saturated carbocycles. The van der Waals surface area contributed by atoms with Crippen molar-refractivity contribution in [2.24, 2.45) is 0 Å². The number of hydrogen-bond donors (Lipinski definition) is 3. The van der Waals surface area contributed by atoms with Gasteiger partial charge in [0.15, 0.2) is 0 Å². The van der Waals surface area contributed by atoms with Crippen LogP contribution >= 0.6 is 0 Å². The number of rotatable bonds is 8. The zero-order valence-electron chi connectivity index (χ0n) is 15.9. The van der Waals surface area contributed by atoms with Crippen LogP contribution in [0.5, 0.6) is 0 Å². The number of piperidine rings is 1. The van der Waals surface area contributed by atoms with E-state index >= 15 is 0 Å². The zero-order valence-corrected chi connectivity index (χ0v) is 15.9. The predicted molar refractivity (Wildman–Crippen MR) is 97.9 cm³/mol. The minimum Gasteiger partial charge on any atom is -0.480 e. The second kappa shape index (κ2) is 10.2. The van der Waals surface area contributed by atoms with Crippen LogP contribution < -0.4 is 10.6 Å². The Labute approximate surface area is 159 Å². The molecule has 2 atom stereocenters. The van der Waals surface area contributed by atoms with Crippen molar-refractivity contribution in [3.05, 3.63) is 0 Å². The average Bonchev–Trinajstić information content (AvgIpc) is 3.13. The number of nitrogens with one attached hydrogen (secondary N) is 2. The molecule has 9 heteroatoms. The molecule has 3 amide bonds. The molecule has 0 bridgehead atoms. The number of likely N-dealkylation sites (tertiary alicyclic amines) is 2. The van der Waals surface area contributed by atoms with Crippen LogP contribution in [0.4, 0.5) is 0 Å². The molecule has 0 spiro atoms. The van der Waals surface area contributed by atoms with Gasteiger partial charge in [-0.1, -0.05) is 6.42 Å². The summed E-state index contributed by atoms with van der Waals surface area (Å²) in [4.78, 5) is 51.3. The Kier molecular flexibility index (Phi) is 8.02. The van der Waals surface area contributed by atoms with Crippen LogP contribution in [-0.2, 0) is 19.2 Å². The lowest BCUT2D eigenvalue weighted by Crippen LogP contribution is -2.54.